The molecule has 5 heteroatoms. The van der Waals surface area contributed by atoms with E-state index in [1.807, 2.05) is 24.3 Å². The lowest BCUT2D eigenvalue weighted by Gasteiger charge is -2.27. The van der Waals surface area contributed by atoms with Crippen LogP contribution in [-0.2, 0) is 9.59 Å². The fourth-order valence-corrected chi connectivity index (χ4v) is 3.69. The molecule has 0 aromatic heterocycles. The van der Waals surface area contributed by atoms with Gasteiger partial charge in [0.2, 0.25) is 11.8 Å². The van der Waals surface area contributed by atoms with Crippen LogP contribution in [0.5, 0.6) is 0 Å². The lowest BCUT2D eigenvalue weighted by Crippen LogP contribution is -2.32. The normalized spacial score (nSPS) is 18.7. The molecule has 1 aliphatic rings. The molecule has 1 aliphatic carbocycles. The maximum atomic E-state index is 12.6. The summed E-state index contributed by atoms with van der Waals surface area (Å²) in [6.45, 7) is 4.28. The Morgan fingerprint density at radius 3 is 1.62 bits per heavy atom. The Morgan fingerprint density at radius 1 is 0.828 bits per heavy atom. The average Bonchev–Trinajstić information content (AvgIpc) is 2.74. The number of nitriles is 1. The summed E-state index contributed by atoms with van der Waals surface area (Å²) in [4.78, 5) is 25.1. The van der Waals surface area contributed by atoms with Crippen LogP contribution >= 0.6 is 0 Å². The smallest absolute Gasteiger partial charge is 0.227 e. The van der Waals surface area contributed by atoms with Crippen LogP contribution in [0.1, 0.15) is 56.6 Å². The molecule has 0 saturated heterocycles. The molecule has 0 heterocycles. The molecule has 29 heavy (non-hydrogen) atoms. The summed E-state index contributed by atoms with van der Waals surface area (Å²) in [6.07, 6.45) is 2.82. The minimum Gasteiger partial charge on any atom is -0.326 e. The second kappa shape index (κ2) is 9.38. The number of hydrogen-bond acceptors (Lipinski definition) is 3. The molecule has 0 atom stereocenters. The zero-order valence-electron chi connectivity index (χ0n) is 16.9. The number of nitrogens with zero attached hydrogens (tertiary/aromatic N) is 1. The molecule has 2 N–H and O–H groups in total. The molecule has 1 saturated carbocycles. The Bertz CT molecular complexity index is 887. The minimum atomic E-state index is -0.0833. The topological polar surface area (TPSA) is 82.0 Å². The standard InChI is InChI=1S/C24H27N3O2/c1-16(2)18-9-13-22(14-10-18)27-24(29)20-7-5-19(6-8-20)23(28)26-21-11-3-17(15-25)4-12-21/h3-4,9-14,16,19-20H,5-8H2,1-2H3,(H,26,28)(H,27,29). The van der Waals surface area contributed by atoms with Crippen LogP contribution in [0.4, 0.5) is 11.4 Å². The van der Waals surface area contributed by atoms with Gasteiger partial charge in [0.05, 0.1) is 11.6 Å². The number of hydrogen-bond donors (Lipinski definition) is 2. The molecule has 2 aromatic carbocycles. The number of nitrogens with one attached hydrogen (secondary N) is 2. The van der Waals surface area contributed by atoms with E-state index in [-0.39, 0.29) is 23.7 Å². The monoisotopic (exact) mass is 389 g/mol. The predicted molar refractivity (Wildman–Crippen MR) is 114 cm³/mol. The summed E-state index contributed by atoms with van der Waals surface area (Å²) in [5.74, 6) is 0.343. The number of carbonyl (C=O) groups is 2. The van der Waals surface area contributed by atoms with Crippen LogP contribution < -0.4 is 10.6 Å². The van der Waals surface area contributed by atoms with Gasteiger partial charge < -0.3 is 10.6 Å². The van der Waals surface area contributed by atoms with Crippen LogP contribution in [0.15, 0.2) is 48.5 Å². The van der Waals surface area contributed by atoms with Gasteiger partial charge in [0.25, 0.3) is 0 Å². The van der Waals surface area contributed by atoms with E-state index in [1.54, 1.807) is 24.3 Å². The van der Waals surface area contributed by atoms with Gasteiger partial charge in [-0.25, -0.2) is 0 Å². The highest BCUT2D eigenvalue weighted by atomic mass is 16.2. The number of benzene rings is 2. The van der Waals surface area contributed by atoms with Crippen molar-refractivity contribution in [2.24, 2.45) is 11.8 Å². The van der Waals surface area contributed by atoms with Crippen molar-refractivity contribution in [3.8, 4) is 6.07 Å². The number of anilines is 2. The molecule has 0 aliphatic heterocycles. The largest absolute Gasteiger partial charge is 0.326 e. The SMILES string of the molecule is CC(C)c1ccc(NC(=O)C2CCC(C(=O)Nc3ccc(C#N)cc3)CC2)cc1. The van der Waals surface area contributed by atoms with Crippen LogP contribution in [0, 0.1) is 23.2 Å². The first kappa shape index (κ1) is 20.6. The molecule has 0 unspecified atom stereocenters. The Morgan fingerprint density at radius 2 is 1.24 bits per heavy atom. The number of carbonyl (C=O) groups excluding carboxylic acids is 2. The van der Waals surface area contributed by atoms with E-state index in [0.717, 1.165) is 5.69 Å². The zero-order valence-corrected chi connectivity index (χ0v) is 16.9. The fraction of sp³-hybridized carbons (Fsp3) is 0.375. The Kier molecular flexibility index (Phi) is 6.66. The van der Waals surface area contributed by atoms with Gasteiger partial charge in [-0.1, -0.05) is 26.0 Å². The average molecular weight is 389 g/mol. The van der Waals surface area contributed by atoms with E-state index in [1.165, 1.54) is 5.56 Å². The highest BCUT2D eigenvalue weighted by Gasteiger charge is 2.30. The summed E-state index contributed by atoms with van der Waals surface area (Å²) in [5.41, 5.74) is 3.32. The van der Waals surface area contributed by atoms with E-state index in [0.29, 0.717) is 42.9 Å². The van der Waals surface area contributed by atoms with Crippen molar-refractivity contribution in [1.82, 2.24) is 0 Å². The van der Waals surface area contributed by atoms with Gasteiger partial charge in [-0.2, -0.15) is 5.26 Å². The van der Waals surface area contributed by atoms with Crippen molar-refractivity contribution in [3.05, 3.63) is 59.7 Å². The molecule has 1 fully saturated rings. The Balaban J connectivity index is 1.48. The van der Waals surface area contributed by atoms with Crippen molar-refractivity contribution < 1.29 is 9.59 Å². The van der Waals surface area contributed by atoms with E-state index < -0.39 is 0 Å². The fourth-order valence-electron chi connectivity index (χ4n) is 3.69. The molecule has 2 amide bonds. The molecule has 5 nitrogen and oxygen atoms in total. The lowest BCUT2D eigenvalue weighted by atomic mass is 9.81. The second-order valence-electron chi connectivity index (χ2n) is 7.99. The van der Waals surface area contributed by atoms with Crippen molar-refractivity contribution >= 4 is 23.2 Å². The molecular formula is C24H27N3O2. The Hall–Kier alpha value is -3.13. The minimum absolute atomic E-state index is 0.0159. The lowest BCUT2D eigenvalue weighted by molar-refractivity contribution is -0.125. The third kappa shape index (κ3) is 5.45. The zero-order chi connectivity index (χ0) is 20.8. The van der Waals surface area contributed by atoms with E-state index in [4.69, 9.17) is 5.26 Å². The van der Waals surface area contributed by atoms with E-state index in [9.17, 15) is 9.59 Å². The van der Waals surface area contributed by atoms with Gasteiger partial charge >= 0.3 is 0 Å². The quantitative estimate of drug-likeness (QED) is 0.749. The molecule has 0 spiro atoms. The third-order valence-corrected chi connectivity index (χ3v) is 5.60. The van der Waals surface area contributed by atoms with Crippen LogP contribution in [0.25, 0.3) is 0 Å². The first-order chi connectivity index (χ1) is 14.0. The Labute approximate surface area is 172 Å². The summed E-state index contributed by atoms with van der Waals surface area (Å²) in [5, 5.41) is 14.8. The number of amides is 2. The number of rotatable bonds is 5. The van der Waals surface area contributed by atoms with Crippen molar-refractivity contribution in [3.63, 3.8) is 0 Å². The van der Waals surface area contributed by atoms with Crippen molar-refractivity contribution in [2.45, 2.75) is 45.4 Å². The first-order valence-corrected chi connectivity index (χ1v) is 10.2. The van der Waals surface area contributed by atoms with Crippen molar-refractivity contribution in [2.75, 3.05) is 10.6 Å². The highest BCUT2D eigenvalue weighted by molar-refractivity contribution is 5.94. The van der Waals surface area contributed by atoms with E-state index >= 15 is 0 Å². The summed E-state index contributed by atoms with van der Waals surface area (Å²) in [7, 11) is 0. The second-order valence-corrected chi connectivity index (χ2v) is 7.99. The van der Waals surface area contributed by atoms with Gasteiger partial charge in [-0.3, -0.25) is 9.59 Å². The van der Waals surface area contributed by atoms with Crippen molar-refractivity contribution in [1.29, 1.82) is 5.26 Å². The van der Waals surface area contributed by atoms with Gasteiger partial charge in [0, 0.05) is 23.2 Å². The molecule has 150 valence electrons. The molecule has 3 rings (SSSR count). The molecule has 0 bridgehead atoms. The van der Waals surface area contributed by atoms with Gasteiger partial charge in [-0.05, 0) is 73.6 Å². The van der Waals surface area contributed by atoms with Crippen LogP contribution in [0.2, 0.25) is 0 Å². The maximum absolute atomic E-state index is 12.6. The summed E-state index contributed by atoms with van der Waals surface area (Å²) < 4.78 is 0. The first-order valence-electron chi connectivity index (χ1n) is 10.2. The van der Waals surface area contributed by atoms with Gasteiger partial charge in [-0.15, -0.1) is 0 Å². The van der Waals surface area contributed by atoms with Crippen LogP contribution in [0.3, 0.4) is 0 Å². The summed E-state index contributed by atoms with van der Waals surface area (Å²) >= 11 is 0. The van der Waals surface area contributed by atoms with Gasteiger partial charge in [0.1, 0.15) is 0 Å². The highest BCUT2D eigenvalue weighted by Crippen LogP contribution is 2.31. The maximum Gasteiger partial charge on any atom is 0.227 e. The van der Waals surface area contributed by atoms with Gasteiger partial charge in [0.15, 0.2) is 0 Å². The van der Waals surface area contributed by atoms with E-state index in [2.05, 4.69) is 30.6 Å². The molecule has 0 radical (unpaired) electrons. The molecule has 2 aromatic rings. The van der Waals surface area contributed by atoms with Crippen LogP contribution in [-0.4, -0.2) is 11.8 Å². The third-order valence-electron chi connectivity index (χ3n) is 5.60. The summed E-state index contributed by atoms with van der Waals surface area (Å²) in [6, 6.07) is 16.9. The predicted octanol–water partition coefficient (Wildman–Crippen LogP) is 5.07. The molecular weight excluding hydrogens is 362 g/mol.